The van der Waals surface area contributed by atoms with Gasteiger partial charge in [0.1, 0.15) is 5.78 Å². The molecule has 0 heterocycles. The summed E-state index contributed by atoms with van der Waals surface area (Å²) >= 11 is 0. The first kappa shape index (κ1) is 14.9. The molecule has 0 bridgehead atoms. The van der Waals surface area contributed by atoms with Crippen molar-refractivity contribution < 1.29 is 14.3 Å². The number of ketones is 1. The first-order valence-corrected chi connectivity index (χ1v) is 6.80. The van der Waals surface area contributed by atoms with Crippen molar-refractivity contribution in [2.75, 3.05) is 6.61 Å². The smallest absolute Gasteiger partial charge is 0.309 e. The van der Waals surface area contributed by atoms with Gasteiger partial charge in [0, 0.05) is 12.8 Å². The molecular formula is C15H24O3. The Morgan fingerprint density at radius 3 is 2.89 bits per heavy atom. The second-order valence-electron chi connectivity index (χ2n) is 5.56. The lowest BCUT2D eigenvalue weighted by atomic mass is 9.69. The predicted molar refractivity (Wildman–Crippen MR) is 71.1 cm³/mol. The van der Waals surface area contributed by atoms with E-state index in [0.29, 0.717) is 31.7 Å². The Kier molecular flexibility index (Phi) is 5.57. The van der Waals surface area contributed by atoms with Gasteiger partial charge in [0.2, 0.25) is 0 Å². The summed E-state index contributed by atoms with van der Waals surface area (Å²) in [5.74, 6) is 0.0139. The zero-order valence-corrected chi connectivity index (χ0v) is 11.5. The van der Waals surface area contributed by atoms with Crippen LogP contribution in [-0.4, -0.2) is 18.4 Å². The maximum atomic E-state index is 11.9. The van der Waals surface area contributed by atoms with E-state index in [0.717, 1.165) is 19.3 Å². The Balaban J connectivity index is 2.66. The topological polar surface area (TPSA) is 43.4 Å². The van der Waals surface area contributed by atoms with Crippen LogP contribution in [0.2, 0.25) is 0 Å². The fourth-order valence-electron chi connectivity index (χ4n) is 2.86. The monoisotopic (exact) mass is 252 g/mol. The van der Waals surface area contributed by atoms with E-state index in [2.05, 4.69) is 13.5 Å². The Labute approximate surface area is 110 Å². The first-order chi connectivity index (χ1) is 8.50. The Hall–Kier alpha value is -1.12. The van der Waals surface area contributed by atoms with Crippen molar-refractivity contribution in [1.82, 2.24) is 0 Å². The van der Waals surface area contributed by atoms with Crippen LogP contribution in [0.25, 0.3) is 0 Å². The maximum Gasteiger partial charge on any atom is 0.309 e. The molecule has 0 aromatic rings. The fraction of sp³-hybridized carbons (Fsp3) is 0.733. The van der Waals surface area contributed by atoms with Gasteiger partial charge in [-0.1, -0.05) is 13.0 Å². The van der Waals surface area contributed by atoms with Gasteiger partial charge in [-0.25, -0.2) is 0 Å². The van der Waals surface area contributed by atoms with Crippen LogP contribution in [0.4, 0.5) is 0 Å². The summed E-state index contributed by atoms with van der Waals surface area (Å²) in [5.41, 5.74) is -0.0459. The highest BCUT2D eigenvalue weighted by atomic mass is 16.5. The number of rotatable bonds is 6. The first-order valence-electron chi connectivity index (χ1n) is 6.80. The molecule has 3 nitrogen and oxygen atoms in total. The van der Waals surface area contributed by atoms with Crippen molar-refractivity contribution in [3.05, 3.63) is 12.7 Å². The van der Waals surface area contributed by atoms with Gasteiger partial charge in [0.05, 0.1) is 12.5 Å². The van der Waals surface area contributed by atoms with Crippen LogP contribution in [0.5, 0.6) is 0 Å². The van der Waals surface area contributed by atoms with Gasteiger partial charge in [0.15, 0.2) is 0 Å². The minimum absolute atomic E-state index is 0.0459. The summed E-state index contributed by atoms with van der Waals surface area (Å²) in [7, 11) is 0. The standard InChI is InChI=1S/C15H24O3/c1-4-7-12(14(17)18-5-2)10-15(3)9-6-8-13(16)11-15/h4,12H,1,5-11H2,2-3H3. The zero-order valence-electron chi connectivity index (χ0n) is 11.5. The summed E-state index contributed by atoms with van der Waals surface area (Å²) in [6, 6.07) is 0. The molecule has 0 N–H and O–H groups in total. The van der Waals surface area contributed by atoms with Crippen LogP contribution < -0.4 is 0 Å². The van der Waals surface area contributed by atoms with Crippen LogP contribution in [0, 0.1) is 11.3 Å². The van der Waals surface area contributed by atoms with Gasteiger partial charge in [-0.05, 0) is 38.0 Å². The average Bonchev–Trinajstić information content (AvgIpc) is 2.28. The number of allylic oxidation sites excluding steroid dienone is 1. The summed E-state index contributed by atoms with van der Waals surface area (Å²) in [4.78, 5) is 23.5. The van der Waals surface area contributed by atoms with E-state index in [1.54, 1.807) is 6.08 Å². The molecule has 1 fully saturated rings. The molecular weight excluding hydrogens is 228 g/mol. The van der Waals surface area contributed by atoms with E-state index in [-0.39, 0.29) is 17.3 Å². The number of hydrogen-bond acceptors (Lipinski definition) is 3. The van der Waals surface area contributed by atoms with Crippen molar-refractivity contribution in [3.63, 3.8) is 0 Å². The minimum atomic E-state index is -0.156. The molecule has 0 aromatic carbocycles. The molecule has 1 aliphatic rings. The summed E-state index contributed by atoms with van der Waals surface area (Å²) in [6.07, 6.45) is 6.37. The largest absolute Gasteiger partial charge is 0.466 e. The minimum Gasteiger partial charge on any atom is -0.466 e. The Morgan fingerprint density at radius 1 is 1.61 bits per heavy atom. The molecule has 2 unspecified atom stereocenters. The number of carbonyl (C=O) groups excluding carboxylic acids is 2. The van der Waals surface area contributed by atoms with Gasteiger partial charge in [-0.3, -0.25) is 9.59 Å². The quantitative estimate of drug-likeness (QED) is 0.538. The van der Waals surface area contributed by atoms with E-state index < -0.39 is 0 Å². The van der Waals surface area contributed by atoms with Crippen molar-refractivity contribution in [3.8, 4) is 0 Å². The number of hydrogen-bond donors (Lipinski definition) is 0. The highest BCUT2D eigenvalue weighted by Crippen LogP contribution is 2.40. The van der Waals surface area contributed by atoms with E-state index in [1.807, 2.05) is 6.92 Å². The van der Waals surface area contributed by atoms with Crippen LogP contribution in [0.3, 0.4) is 0 Å². The number of Topliss-reactive ketones (excluding diaryl/α,β-unsaturated/α-hetero) is 1. The van der Waals surface area contributed by atoms with Crippen molar-refractivity contribution >= 4 is 11.8 Å². The SMILES string of the molecule is C=CCC(CC1(C)CCCC(=O)C1)C(=O)OCC. The lowest BCUT2D eigenvalue weighted by molar-refractivity contribution is -0.149. The van der Waals surface area contributed by atoms with Crippen LogP contribution in [0.1, 0.15) is 52.4 Å². The molecule has 1 aliphatic carbocycles. The second-order valence-corrected chi connectivity index (χ2v) is 5.56. The second kappa shape index (κ2) is 6.72. The van der Waals surface area contributed by atoms with Gasteiger partial charge in [-0.2, -0.15) is 0 Å². The molecule has 0 saturated heterocycles. The Bertz CT molecular complexity index is 322. The normalized spacial score (nSPS) is 25.6. The van der Waals surface area contributed by atoms with Gasteiger partial charge in [-0.15, -0.1) is 6.58 Å². The molecule has 0 radical (unpaired) electrons. The summed E-state index contributed by atoms with van der Waals surface area (Å²) in [5, 5.41) is 0. The highest BCUT2D eigenvalue weighted by molar-refractivity contribution is 5.80. The molecule has 0 amide bonds. The summed E-state index contributed by atoms with van der Waals surface area (Å²) in [6.45, 7) is 8.03. The van der Waals surface area contributed by atoms with E-state index in [9.17, 15) is 9.59 Å². The zero-order chi connectivity index (χ0) is 13.6. The molecule has 0 spiro atoms. The van der Waals surface area contributed by atoms with E-state index >= 15 is 0 Å². The third-order valence-corrected chi connectivity index (χ3v) is 3.67. The molecule has 0 aromatic heterocycles. The van der Waals surface area contributed by atoms with Gasteiger partial charge < -0.3 is 4.74 Å². The lowest BCUT2D eigenvalue weighted by Crippen LogP contribution is -2.31. The molecule has 2 atom stereocenters. The van der Waals surface area contributed by atoms with Gasteiger partial charge >= 0.3 is 5.97 Å². The number of ether oxygens (including phenoxy) is 1. The Morgan fingerprint density at radius 2 is 2.33 bits per heavy atom. The number of esters is 1. The molecule has 3 heteroatoms. The molecule has 1 rings (SSSR count). The van der Waals surface area contributed by atoms with Crippen LogP contribution in [-0.2, 0) is 14.3 Å². The molecule has 1 saturated carbocycles. The van der Waals surface area contributed by atoms with Crippen LogP contribution >= 0.6 is 0 Å². The summed E-state index contributed by atoms with van der Waals surface area (Å²) < 4.78 is 5.10. The lowest BCUT2D eigenvalue weighted by Gasteiger charge is -2.35. The highest BCUT2D eigenvalue weighted by Gasteiger charge is 2.35. The fourth-order valence-corrected chi connectivity index (χ4v) is 2.86. The maximum absolute atomic E-state index is 11.9. The average molecular weight is 252 g/mol. The van der Waals surface area contributed by atoms with Crippen molar-refractivity contribution in [2.45, 2.75) is 52.4 Å². The number of carbonyl (C=O) groups is 2. The van der Waals surface area contributed by atoms with E-state index in [1.165, 1.54) is 0 Å². The third-order valence-electron chi connectivity index (χ3n) is 3.67. The van der Waals surface area contributed by atoms with Crippen molar-refractivity contribution in [2.24, 2.45) is 11.3 Å². The van der Waals surface area contributed by atoms with E-state index in [4.69, 9.17) is 4.74 Å². The molecule has 18 heavy (non-hydrogen) atoms. The van der Waals surface area contributed by atoms with Crippen LogP contribution in [0.15, 0.2) is 12.7 Å². The molecule has 102 valence electrons. The van der Waals surface area contributed by atoms with Crippen molar-refractivity contribution in [1.29, 1.82) is 0 Å². The predicted octanol–water partition coefficient (Wildman–Crippen LogP) is 3.28. The molecule has 0 aliphatic heterocycles. The third kappa shape index (κ3) is 4.28. The van der Waals surface area contributed by atoms with Gasteiger partial charge in [0.25, 0.3) is 0 Å².